The minimum atomic E-state index is 0.475. The summed E-state index contributed by atoms with van der Waals surface area (Å²) < 4.78 is 0. The molecule has 0 heteroatoms. The summed E-state index contributed by atoms with van der Waals surface area (Å²) in [7, 11) is 0. The molecule has 0 aliphatic heterocycles. The minimum Gasteiger partial charge on any atom is -0.120 e. The van der Waals surface area contributed by atoms with Gasteiger partial charge in [0.1, 0.15) is 0 Å². The molecule has 128 valence electrons. The van der Waals surface area contributed by atoms with Crippen molar-refractivity contribution in [2.45, 2.75) is 85.0 Å². The van der Waals surface area contributed by atoms with Crippen LogP contribution < -0.4 is 0 Å². The van der Waals surface area contributed by atoms with Crippen LogP contribution in [-0.2, 0) is 0 Å². The van der Waals surface area contributed by atoms with Gasteiger partial charge in [-0.05, 0) is 91.8 Å². The Morgan fingerprint density at radius 2 is 1.65 bits per heavy atom. The summed E-state index contributed by atoms with van der Waals surface area (Å²) in [4.78, 5) is 0. The second kappa shape index (κ2) is 5.54. The van der Waals surface area contributed by atoms with Gasteiger partial charge in [0.05, 0.1) is 0 Å². The molecular weight excluding hydrogens is 276 g/mol. The van der Waals surface area contributed by atoms with Crippen molar-refractivity contribution in [1.82, 2.24) is 0 Å². The van der Waals surface area contributed by atoms with Crippen molar-refractivity contribution in [1.29, 1.82) is 0 Å². The molecule has 4 aliphatic rings. The molecule has 0 aromatic heterocycles. The van der Waals surface area contributed by atoms with Crippen LogP contribution in [0.15, 0.2) is 0 Å². The van der Waals surface area contributed by atoms with Crippen LogP contribution in [-0.4, -0.2) is 0 Å². The lowest BCUT2D eigenvalue weighted by Crippen LogP contribution is -2.53. The van der Waals surface area contributed by atoms with E-state index in [0.29, 0.717) is 16.7 Å². The molecule has 0 amide bonds. The van der Waals surface area contributed by atoms with Crippen molar-refractivity contribution in [3.8, 4) is 12.3 Å². The molecule has 0 aromatic carbocycles. The second-order valence-electron chi connectivity index (χ2n) is 10.1. The largest absolute Gasteiger partial charge is 0.120 e. The van der Waals surface area contributed by atoms with Gasteiger partial charge in [-0.15, -0.1) is 12.3 Å². The Bertz CT molecular complexity index is 499. The molecule has 4 rings (SSSR count). The maximum Gasteiger partial charge on any atom is 0.0205 e. The quantitative estimate of drug-likeness (QED) is 0.498. The van der Waals surface area contributed by atoms with E-state index < -0.39 is 0 Å². The third kappa shape index (κ3) is 2.18. The van der Waals surface area contributed by atoms with E-state index in [1.165, 1.54) is 64.2 Å². The van der Waals surface area contributed by atoms with Gasteiger partial charge in [0.15, 0.2) is 0 Å². The van der Waals surface area contributed by atoms with Crippen LogP contribution in [0.2, 0.25) is 0 Å². The molecule has 0 aromatic rings. The monoisotopic (exact) mass is 312 g/mol. The lowest BCUT2D eigenvalue weighted by Gasteiger charge is -2.60. The van der Waals surface area contributed by atoms with Crippen LogP contribution in [0.1, 0.15) is 85.0 Å². The zero-order chi connectivity index (χ0) is 16.2. The van der Waals surface area contributed by atoms with E-state index in [4.69, 9.17) is 6.42 Å². The van der Waals surface area contributed by atoms with E-state index in [1.807, 2.05) is 0 Å². The summed E-state index contributed by atoms with van der Waals surface area (Å²) in [6, 6.07) is 0. The lowest BCUT2D eigenvalue weighted by molar-refractivity contribution is -0.112. The van der Waals surface area contributed by atoms with Crippen LogP contribution in [0.4, 0.5) is 0 Å². The Kier molecular flexibility index (Phi) is 3.87. The van der Waals surface area contributed by atoms with Crippen LogP contribution in [0.3, 0.4) is 0 Å². The van der Waals surface area contributed by atoms with Crippen molar-refractivity contribution in [2.75, 3.05) is 0 Å². The van der Waals surface area contributed by atoms with Gasteiger partial charge in [-0.1, -0.05) is 33.6 Å². The fourth-order valence-electron chi connectivity index (χ4n) is 8.27. The number of fused-ring (bicyclic) bond motifs is 5. The maximum atomic E-state index is 5.82. The first-order chi connectivity index (χ1) is 11.0. The summed E-state index contributed by atoms with van der Waals surface area (Å²) in [5, 5.41) is 0. The van der Waals surface area contributed by atoms with E-state index in [2.05, 4.69) is 26.7 Å². The number of terminal acetylenes is 1. The van der Waals surface area contributed by atoms with Crippen molar-refractivity contribution in [3.63, 3.8) is 0 Å². The molecule has 0 nitrogen and oxygen atoms in total. The predicted octanol–water partition coefficient (Wildman–Crippen LogP) is 6.30. The summed E-state index contributed by atoms with van der Waals surface area (Å²) in [5.74, 6) is 8.42. The molecular formula is C23H36. The first-order valence-electron chi connectivity index (χ1n) is 10.5. The lowest BCUT2D eigenvalue weighted by atomic mass is 9.44. The number of hydrogen-bond acceptors (Lipinski definition) is 0. The normalized spacial score (nSPS) is 53.6. The molecule has 0 radical (unpaired) electrons. The van der Waals surface area contributed by atoms with E-state index in [0.717, 1.165) is 29.6 Å². The van der Waals surface area contributed by atoms with Crippen LogP contribution >= 0.6 is 0 Å². The van der Waals surface area contributed by atoms with Crippen LogP contribution in [0, 0.1) is 58.7 Å². The Labute approximate surface area is 144 Å². The van der Waals surface area contributed by atoms with E-state index in [9.17, 15) is 0 Å². The minimum absolute atomic E-state index is 0.475. The van der Waals surface area contributed by atoms with Gasteiger partial charge in [0.2, 0.25) is 0 Å². The molecule has 4 saturated carbocycles. The molecule has 1 unspecified atom stereocenters. The molecule has 0 bridgehead atoms. The Morgan fingerprint density at radius 3 is 2.43 bits per heavy atom. The third-order valence-corrected chi connectivity index (χ3v) is 9.52. The van der Waals surface area contributed by atoms with Crippen LogP contribution in [0.5, 0.6) is 0 Å². The summed E-state index contributed by atoms with van der Waals surface area (Å²) >= 11 is 0. The zero-order valence-electron chi connectivity index (χ0n) is 15.6. The van der Waals surface area contributed by atoms with Crippen molar-refractivity contribution in [3.05, 3.63) is 0 Å². The summed E-state index contributed by atoms with van der Waals surface area (Å²) in [6.45, 7) is 7.62. The third-order valence-electron chi connectivity index (χ3n) is 9.52. The average molecular weight is 313 g/mol. The smallest absolute Gasteiger partial charge is 0.0205 e. The molecule has 0 saturated heterocycles. The van der Waals surface area contributed by atoms with Crippen molar-refractivity contribution >= 4 is 0 Å². The average Bonchev–Trinajstić information content (AvgIpc) is 2.91. The van der Waals surface area contributed by atoms with Crippen molar-refractivity contribution in [2.24, 2.45) is 46.3 Å². The van der Waals surface area contributed by atoms with Gasteiger partial charge in [-0.25, -0.2) is 0 Å². The Morgan fingerprint density at radius 1 is 0.870 bits per heavy atom. The molecule has 0 N–H and O–H groups in total. The number of hydrogen-bond donors (Lipinski definition) is 0. The highest BCUT2D eigenvalue weighted by Gasteiger charge is 2.59. The second-order valence-corrected chi connectivity index (χ2v) is 10.1. The molecule has 4 aliphatic carbocycles. The fraction of sp³-hybridized carbons (Fsp3) is 0.913. The van der Waals surface area contributed by atoms with Gasteiger partial charge >= 0.3 is 0 Å². The first-order valence-corrected chi connectivity index (χ1v) is 10.5. The van der Waals surface area contributed by atoms with E-state index >= 15 is 0 Å². The van der Waals surface area contributed by atoms with Gasteiger partial charge in [-0.3, -0.25) is 0 Å². The molecule has 4 fully saturated rings. The molecule has 0 spiro atoms. The van der Waals surface area contributed by atoms with E-state index in [1.54, 1.807) is 0 Å². The predicted molar refractivity (Wildman–Crippen MR) is 97.8 cm³/mol. The Balaban J connectivity index is 1.62. The molecule has 8 atom stereocenters. The fourth-order valence-corrected chi connectivity index (χ4v) is 8.27. The van der Waals surface area contributed by atoms with Crippen LogP contribution in [0.25, 0.3) is 0 Å². The Hall–Kier alpha value is -0.440. The van der Waals surface area contributed by atoms with Crippen molar-refractivity contribution < 1.29 is 0 Å². The standard InChI is InChI=1S/C23H36/c1-5-16(2)19-11-12-20-18-10-9-17-8-6-7-14-22(17,3)21(18)13-15-23(19,20)4/h1,16-21H,6-15H2,2-4H3/t16?,17-,18-,19+,20-,21-,22-,23+/m0/s1. The first kappa shape index (κ1) is 16.1. The number of rotatable bonds is 1. The highest BCUT2D eigenvalue weighted by molar-refractivity contribution is 5.11. The maximum absolute atomic E-state index is 5.82. The van der Waals surface area contributed by atoms with E-state index in [-0.39, 0.29) is 0 Å². The molecule has 0 heterocycles. The topological polar surface area (TPSA) is 0 Å². The summed E-state index contributed by atoms with van der Waals surface area (Å²) in [6.07, 6.45) is 20.7. The zero-order valence-corrected chi connectivity index (χ0v) is 15.6. The van der Waals surface area contributed by atoms with Gasteiger partial charge in [-0.2, -0.15) is 0 Å². The highest BCUT2D eigenvalue weighted by Crippen LogP contribution is 2.68. The summed E-state index contributed by atoms with van der Waals surface area (Å²) in [5.41, 5.74) is 1.23. The molecule has 23 heavy (non-hydrogen) atoms. The highest BCUT2D eigenvalue weighted by atomic mass is 14.6. The van der Waals surface area contributed by atoms with Gasteiger partial charge < -0.3 is 0 Å². The van der Waals surface area contributed by atoms with Gasteiger partial charge in [0.25, 0.3) is 0 Å². The SMILES string of the molecule is C#CC(C)[C@H]1CC[C@H]2[C@@H]3CC[C@@H]4CCCC[C@]4(C)[C@H]3CC[C@]12C. The van der Waals surface area contributed by atoms with Gasteiger partial charge in [0, 0.05) is 5.92 Å².